The lowest BCUT2D eigenvalue weighted by Gasteiger charge is -2.09. The molecule has 0 atom stereocenters. The number of amides is 2. The quantitative estimate of drug-likeness (QED) is 0.769. The van der Waals surface area contributed by atoms with Gasteiger partial charge in [-0.1, -0.05) is 15.9 Å². The first-order valence-corrected chi connectivity index (χ1v) is 8.50. The van der Waals surface area contributed by atoms with Gasteiger partial charge in [0.2, 0.25) is 5.91 Å². The van der Waals surface area contributed by atoms with Crippen molar-refractivity contribution in [3.05, 3.63) is 49.0 Å². The number of aryl methyl sites for hydroxylation is 1. The maximum atomic E-state index is 11.8. The highest BCUT2D eigenvalue weighted by Crippen LogP contribution is 2.21. The van der Waals surface area contributed by atoms with Gasteiger partial charge < -0.3 is 10.6 Å². The van der Waals surface area contributed by atoms with Crippen LogP contribution in [-0.2, 0) is 4.79 Å². The fourth-order valence-electron chi connectivity index (χ4n) is 1.65. The van der Waals surface area contributed by atoms with Crippen LogP contribution in [0.5, 0.6) is 0 Å². The Morgan fingerprint density at radius 1 is 1.24 bits per heavy atom. The molecule has 1 heterocycles. The highest BCUT2D eigenvalue weighted by molar-refractivity contribution is 9.11. The Labute approximate surface area is 143 Å². The standard InChI is InChI=1S/C14H12Br2N2O2S/c1-8-4-10(15)2-3-11(8)18-13(19)6-17-14(20)9-5-12(16)21-7-9/h2-5,7H,6H2,1H3,(H,17,20)(H,18,19). The van der Waals surface area contributed by atoms with Gasteiger partial charge in [-0.2, -0.15) is 0 Å². The van der Waals surface area contributed by atoms with E-state index in [4.69, 9.17) is 0 Å². The van der Waals surface area contributed by atoms with Crippen molar-refractivity contribution in [2.24, 2.45) is 0 Å². The van der Waals surface area contributed by atoms with E-state index in [1.165, 1.54) is 11.3 Å². The number of carbonyl (C=O) groups is 2. The number of anilines is 1. The first kappa shape index (κ1) is 16.2. The minimum atomic E-state index is -0.264. The number of thiophene rings is 1. The third-order valence-corrected chi connectivity index (χ3v) is 4.70. The molecule has 2 aromatic rings. The maximum Gasteiger partial charge on any atom is 0.252 e. The van der Waals surface area contributed by atoms with Crippen molar-refractivity contribution in [2.45, 2.75) is 6.92 Å². The van der Waals surface area contributed by atoms with Crippen LogP contribution in [0.15, 0.2) is 37.9 Å². The lowest BCUT2D eigenvalue weighted by atomic mass is 10.2. The van der Waals surface area contributed by atoms with Gasteiger partial charge in [0.05, 0.1) is 15.9 Å². The number of nitrogens with one attached hydrogen (secondary N) is 2. The molecule has 0 bridgehead atoms. The van der Waals surface area contributed by atoms with Crippen LogP contribution in [0.25, 0.3) is 0 Å². The van der Waals surface area contributed by atoms with Gasteiger partial charge in [0.1, 0.15) is 0 Å². The van der Waals surface area contributed by atoms with E-state index in [1.54, 1.807) is 11.4 Å². The summed E-state index contributed by atoms with van der Waals surface area (Å²) in [6.45, 7) is 1.84. The normalized spacial score (nSPS) is 10.2. The first-order valence-electron chi connectivity index (χ1n) is 6.04. The second kappa shape index (κ2) is 7.20. The Kier molecular flexibility index (Phi) is 5.55. The fourth-order valence-corrected chi connectivity index (χ4v) is 3.27. The van der Waals surface area contributed by atoms with Crippen LogP contribution in [0, 0.1) is 6.92 Å². The van der Waals surface area contributed by atoms with Crippen LogP contribution in [-0.4, -0.2) is 18.4 Å². The molecule has 7 heteroatoms. The van der Waals surface area contributed by atoms with E-state index in [1.807, 2.05) is 25.1 Å². The van der Waals surface area contributed by atoms with Crippen molar-refractivity contribution in [2.75, 3.05) is 11.9 Å². The minimum Gasteiger partial charge on any atom is -0.343 e. The van der Waals surface area contributed by atoms with Gasteiger partial charge >= 0.3 is 0 Å². The Hall–Kier alpha value is -1.18. The molecule has 4 nitrogen and oxygen atoms in total. The molecule has 0 unspecified atom stereocenters. The van der Waals surface area contributed by atoms with Gasteiger partial charge in [-0.15, -0.1) is 11.3 Å². The second-order valence-corrected chi connectivity index (χ2v) is 7.54. The van der Waals surface area contributed by atoms with Gasteiger partial charge in [0.15, 0.2) is 0 Å². The summed E-state index contributed by atoms with van der Waals surface area (Å²) in [6.07, 6.45) is 0. The van der Waals surface area contributed by atoms with E-state index in [0.717, 1.165) is 19.5 Å². The number of benzene rings is 1. The molecular formula is C14H12Br2N2O2S. The van der Waals surface area contributed by atoms with Crippen molar-refractivity contribution in [1.82, 2.24) is 5.32 Å². The zero-order chi connectivity index (χ0) is 15.4. The minimum absolute atomic E-state index is 0.0677. The summed E-state index contributed by atoms with van der Waals surface area (Å²) in [5.41, 5.74) is 2.22. The molecule has 2 N–H and O–H groups in total. The largest absolute Gasteiger partial charge is 0.343 e. The molecule has 0 saturated heterocycles. The lowest BCUT2D eigenvalue weighted by Crippen LogP contribution is -2.32. The van der Waals surface area contributed by atoms with Crippen LogP contribution >= 0.6 is 43.2 Å². The van der Waals surface area contributed by atoms with E-state index >= 15 is 0 Å². The monoisotopic (exact) mass is 430 g/mol. The van der Waals surface area contributed by atoms with Crippen LogP contribution in [0.2, 0.25) is 0 Å². The highest BCUT2D eigenvalue weighted by Gasteiger charge is 2.10. The van der Waals surface area contributed by atoms with E-state index in [2.05, 4.69) is 42.5 Å². The number of hydrogen-bond donors (Lipinski definition) is 2. The van der Waals surface area contributed by atoms with Gasteiger partial charge in [0, 0.05) is 15.5 Å². The summed E-state index contributed by atoms with van der Waals surface area (Å²) in [5, 5.41) is 7.09. The molecule has 2 rings (SSSR count). The molecule has 0 aliphatic heterocycles. The fraction of sp³-hybridized carbons (Fsp3) is 0.143. The molecular weight excluding hydrogens is 420 g/mol. The Balaban J connectivity index is 1.89. The molecule has 0 aliphatic carbocycles. The van der Waals surface area contributed by atoms with E-state index in [-0.39, 0.29) is 18.4 Å². The van der Waals surface area contributed by atoms with Crippen molar-refractivity contribution in [3.63, 3.8) is 0 Å². The molecule has 0 aliphatic rings. The maximum absolute atomic E-state index is 11.8. The summed E-state index contributed by atoms with van der Waals surface area (Å²) < 4.78 is 1.83. The molecule has 0 fully saturated rings. The Morgan fingerprint density at radius 3 is 2.62 bits per heavy atom. The van der Waals surface area contributed by atoms with Gasteiger partial charge in [-0.25, -0.2) is 0 Å². The van der Waals surface area contributed by atoms with Crippen LogP contribution in [0.3, 0.4) is 0 Å². The highest BCUT2D eigenvalue weighted by atomic mass is 79.9. The average Bonchev–Trinajstić information content (AvgIpc) is 2.86. The van der Waals surface area contributed by atoms with E-state index in [9.17, 15) is 9.59 Å². The van der Waals surface area contributed by atoms with E-state index < -0.39 is 0 Å². The summed E-state index contributed by atoms with van der Waals surface area (Å²) in [4.78, 5) is 23.7. The predicted octanol–water partition coefficient (Wildman–Crippen LogP) is 3.95. The predicted molar refractivity (Wildman–Crippen MR) is 91.9 cm³/mol. The van der Waals surface area contributed by atoms with Gasteiger partial charge in [0.25, 0.3) is 5.91 Å². The van der Waals surface area contributed by atoms with Crippen LogP contribution in [0.1, 0.15) is 15.9 Å². The Bertz CT molecular complexity index is 685. The molecule has 110 valence electrons. The molecule has 0 saturated carbocycles. The molecule has 21 heavy (non-hydrogen) atoms. The summed E-state index contributed by atoms with van der Waals surface area (Å²) in [5.74, 6) is -0.525. The average molecular weight is 432 g/mol. The number of rotatable bonds is 4. The molecule has 0 spiro atoms. The topological polar surface area (TPSA) is 58.2 Å². The molecule has 2 amide bonds. The number of hydrogen-bond acceptors (Lipinski definition) is 3. The van der Waals surface area contributed by atoms with Gasteiger partial charge in [-0.05, 0) is 52.7 Å². The summed E-state index contributed by atoms with van der Waals surface area (Å²) >= 11 is 8.09. The lowest BCUT2D eigenvalue weighted by molar-refractivity contribution is -0.115. The number of carbonyl (C=O) groups excluding carboxylic acids is 2. The van der Waals surface area contributed by atoms with Crippen molar-refractivity contribution in [3.8, 4) is 0 Å². The smallest absolute Gasteiger partial charge is 0.252 e. The molecule has 1 aromatic carbocycles. The van der Waals surface area contributed by atoms with Crippen molar-refractivity contribution in [1.29, 1.82) is 0 Å². The molecule has 0 radical (unpaired) electrons. The van der Waals surface area contributed by atoms with Crippen LogP contribution < -0.4 is 10.6 Å². The van der Waals surface area contributed by atoms with E-state index in [0.29, 0.717) is 5.56 Å². The van der Waals surface area contributed by atoms with Crippen LogP contribution in [0.4, 0.5) is 5.69 Å². The van der Waals surface area contributed by atoms with Crippen molar-refractivity contribution >= 4 is 60.7 Å². The van der Waals surface area contributed by atoms with Gasteiger partial charge in [-0.3, -0.25) is 9.59 Å². The summed E-state index contributed by atoms with van der Waals surface area (Å²) in [6, 6.07) is 7.30. The van der Waals surface area contributed by atoms with Crippen molar-refractivity contribution < 1.29 is 9.59 Å². The zero-order valence-electron chi connectivity index (χ0n) is 11.1. The third kappa shape index (κ3) is 4.66. The third-order valence-electron chi connectivity index (χ3n) is 2.70. The zero-order valence-corrected chi connectivity index (χ0v) is 15.1. The summed E-state index contributed by atoms with van der Waals surface area (Å²) in [7, 11) is 0. The second-order valence-electron chi connectivity index (χ2n) is 4.33. The SMILES string of the molecule is Cc1cc(Br)ccc1NC(=O)CNC(=O)c1csc(Br)c1. The Morgan fingerprint density at radius 2 is 2.00 bits per heavy atom. The molecule has 1 aromatic heterocycles. The number of halogens is 2. The first-order chi connectivity index (χ1) is 9.95.